The van der Waals surface area contributed by atoms with Gasteiger partial charge in [0, 0.05) is 16.0 Å². The minimum Gasteiger partial charge on any atom is -0.507 e. The van der Waals surface area contributed by atoms with Crippen LogP contribution < -0.4 is 5.32 Å². The number of amides is 1. The minimum atomic E-state index is -1.15. The Balaban J connectivity index is 1.98. The third-order valence-corrected chi connectivity index (χ3v) is 5.02. The SMILES string of the molecule is Cc1cccc(C(=O)Nc2scc(-c3ccc(Cl)cc3)c2C(=O)O)c1O. The van der Waals surface area contributed by atoms with Crippen LogP contribution in [0.5, 0.6) is 5.75 Å². The first-order valence-electron chi connectivity index (χ1n) is 7.59. The van der Waals surface area contributed by atoms with Gasteiger partial charge in [-0.3, -0.25) is 4.79 Å². The number of hydrogen-bond acceptors (Lipinski definition) is 4. The quantitative estimate of drug-likeness (QED) is 0.585. The average Bonchev–Trinajstić information content (AvgIpc) is 3.01. The van der Waals surface area contributed by atoms with E-state index in [9.17, 15) is 19.8 Å². The molecule has 3 rings (SSSR count). The van der Waals surface area contributed by atoms with Gasteiger partial charge in [0.05, 0.1) is 5.56 Å². The average molecular weight is 388 g/mol. The topological polar surface area (TPSA) is 86.6 Å². The van der Waals surface area contributed by atoms with Crippen molar-refractivity contribution in [2.24, 2.45) is 0 Å². The number of para-hydroxylation sites is 1. The number of hydrogen-bond donors (Lipinski definition) is 3. The number of carbonyl (C=O) groups is 2. The molecule has 7 heteroatoms. The van der Waals surface area contributed by atoms with E-state index in [-0.39, 0.29) is 21.9 Å². The number of halogens is 1. The van der Waals surface area contributed by atoms with Crippen LogP contribution in [0.1, 0.15) is 26.3 Å². The highest BCUT2D eigenvalue weighted by Crippen LogP contribution is 2.36. The normalized spacial score (nSPS) is 10.5. The van der Waals surface area contributed by atoms with Crippen LogP contribution in [0.15, 0.2) is 47.8 Å². The van der Waals surface area contributed by atoms with Crippen LogP contribution in [0.4, 0.5) is 5.00 Å². The van der Waals surface area contributed by atoms with E-state index >= 15 is 0 Å². The van der Waals surface area contributed by atoms with Crippen molar-refractivity contribution in [2.45, 2.75) is 6.92 Å². The highest BCUT2D eigenvalue weighted by molar-refractivity contribution is 7.15. The molecule has 0 saturated heterocycles. The molecule has 0 unspecified atom stereocenters. The molecule has 0 bridgehead atoms. The van der Waals surface area contributed by atoms with Crippen molar-refractivity contribution in [2.75, 3.05) is 5.32 Å². The first-order valence-corrected chi connectivity index (χ1v) is 8.85. The maximum absolute atomic E-state index is 12.5. The fraction of sp³-hybridized carbons (Fsp3) is 0.0526. The number of rotatable bonds is 4. The number of benzene rings is 2. The Morgan fingerprint density at radius 2 is 1.81 bits per heavy atom. The maximum atomic E-state index is 12.5. The van der Waals surface area contributed by atoms with Crippen molar-refractivity contribution in [3.8, 4) is 16.9 Å². The third kappa shape index (κ3) is 3.42. The molecule has 1 aromatic heterocycles. The summed E-state index contributed by atoms with van der Waals surface area (Å²) in [5.74, 6) is -1.85. The lowest BCUT2D eigenvalue weighted by Crippen LogP contribution is -2.14. The van der Waals surface area contributed by atoms with Crippen LogP contribution >= 0.6 is 22.9 Å². The second-order valence-electron chi connectivity index (χ2n) is 5.59. The number of aromatic hydroxyl groups is 1. The summed E-state index contributed by atoms with van der Waals surface area (Å²) in [5, 5.41) is 24.7. The summed E-state index contributed by atoms with van der Waals surface area (Å²) in [6.07, 6.45) is 0. The summed E-state index contributed by atoms with van der Waals surface area (Å²) in [7, 11) is 0. The van der Waals surface area contributed by atoms with Gasteiger partial charge in [0.25, 0.3) is 5.91 Å². The lowest BCUT2D eigenvalue weighted by molar-refractivity contribution is 0.0699. The number of anilines is 1. The van der Waals surface area contributed by atoms with Gasteiger partial charge in [0.15, 0.2) is 0 Å². The molecule has 0 saturated carbocycles. The summed E-state index contributed by atoms with van der Waals surface area (Å²) in [6, 6.07) is 11.6. The van der Waals surface area contributed by atoms with E-state index in [4.69, 9.17) is 11.6 Å². The van der Waals surface area contributed by atoms with Gasteiger partial charge >= 0.3 is 5.97 Å². The van der Waals surface area contributed by atoms with E-state index < -0.39 is 11.9 Å². The van der Waals surface area contributed by atoms with Gasteiger partial charge in [-0.05, 0) is 36.2 Å². The van der Waals surface area contributed by atoms with E-state index in [1.165, 1.54) is 6.07 Å². The van der Waals surface area contributed by atoms with Crippen LogP contribution in [0.2, 0.25) is 5.02 Å². The summed E-state index contributed by atoms with van der Waals surface area (Å²) in [6.45, 7) is 1.68. The van der Waals surface area contributed by atoms with Gasteiger partial charge in [-0.15, -0.1) is 11.3 Å². The molecule has 0 aliphatic heterocycles. The predicted octanol–water partition coefficient (Wildman–Crippen LogP) is 5.03. The number of phenolic OH excluding ortho intramolecular Hbond substituents is 1. The number of carboxylic acids is 1. The van der Waals surface area contributed by atoms with E-state index in [2.05, 4.69) is 5.32 Å². The number of aromatic carboxylic acids is 1. The largest absolute Gasteiger partial charge is 0.507 e. The molecule has 3 N–H and O–H groups in total. The molecule has 0 aliphatic carbocycles. The second kappa shape index (κ2) is 7.19. The first-order chi connectivity index (χ1) is 12.4. The monoisotopic (exact) mass is 387 g/mol. The van der Waals surface area contributed by atoms with Gasteiger partial charge in [-0.25, -0.2) is 4.79 Å². The Kier molecular flexibility index (Phi) is 4.97. The van der Waals surface area contributed by atoms with Crippen molar-refractivity contribution in [3.05, 3.63) is 69.6 Å². The Bertz CT molecular complexity index is 995. The Morgan fingerprint density at radius 3 is 2.46 bits per heavy atom. The number of phenols is 1. The molecule has 2 aromatic carbocycles. The van der Waals surface area contributed by atoms with Crippen LogP contribution in [-0.2, 0) is 0 Å². The molecule has 5 nitrogen and oxygen atoms in total. The molecule has 0 fully saturated rings. The Morgan fingerprint density at radius 1 is 1.12 bits per heavy atom. The Hall–Kier alpha value is -2.83. The van der Waals surface area contributed by atoms with Gasteiger partial charge in [0.1, 0.15) is 16.3 Å². The summed E-state index contributed by atoms with van der Waals surface area (Å²) >= 11 is 6.99. The molecule has 0 radical (unpaired) electrons. The molecule has 1 amide bonds. The highest BCUT2D eigenvalue weighted by Gasteiger charge is 2.22. The third-order valence-electron chi connectivity index (χ3n) is 3.87. The van der Waals surface area contributed by atoms with E-state index in [0.29, 0.717) is 21.7 Å². The predicted molar refractivity (Wildman–Crippen MR) is 103 cm³/mol. The van der Waals surface area contributed by atoms with Crippen LogP contribution in [0, 0.1) is 6.92 Å². The van der Waals surface area contributed by atoms with Gasteiger partial charge in [-0.1, -0.05) is 35.9 Å². The molecular formula is C19H14ClNO4S. The van der Waals surface area contributed by atoms with Gasteiger partial charge in [-0.2, -0.15) is 0 Å². The van der Waals surface area contributed by atoms with E-state index in [1.54, 1.807) is 48.7 Å². The fourth-order valence-corrected chi connectivity index (χ4v) is 3.60. The number of carbonyl (C=O) groups excluding carboxylic acids is 1. The van der Waals surface area contributed by atoms with E-state index in [1.807, 2.05) is 0 Å². The zero-order valence-corrected chi connectivity index (χ0v) is 15.2. The molecule has 1 heterocycles. The van der Waals surface area contributed by atoms with Crippen LogP contribution in [0.3, 0.4) is 0 Å². The zero-order valence-electron chi connectivity index (χ0n) is 13.6. The molecule has 3 aromatic rings. The van der Waals surface area contributed by atoms with Crippen molar-refractivity contribution in [1.29, 1.82) is 0 Å². The molecule has 0 aliphatic rings. The molecule has 0 spiro atoms. The summed E-state index contributed by atoms with van der Waals surface area (Å²) in [5.41, 5.74) is 1.81. The molecular weight excluding hydrogens is 374 g/mol. The number of thiophene rings is 1. The standard InChI is InChI=1S/C19H14ClNO4S/c1-10-3-2-4-13(16(10)22)17(23)21-18-15(19(24)25)14(9-26-18)11-5-7-12(20)8-6-11/h2-9,22H,1H3,(H,21,23)(H,24,25). The van der Waals surface area contributed by atoms with E-state index in [0.717, 1.165) is 11.3 Å². The lowest BCUT2D eigenvalue weighted by atomic mass is 10.0. The van der Waals surface area contributed by atoms with Crippen LogP contribution in [-0.4, -0.2) is 22.1 Å². The minimum absolute atomic E-state index is 0.00202. The molecule has 132 valence electrons. The smallest absolute Gasteiger partial charge is 0.339 e. The number of nitrogens with one attached hydrogen (secondary N) is 1. The fourth-order valence-electron chi connectivity index (χ4n) is 2.52. The van der Waals surface area contributed by atoms with Crippen molar-refractivity contribution in [1.82, 2.24) is 0 Å². The van der Waals surface area contributed by atoms with Crippen molar-refractivity contribution >= 4 is 39.8 Å². The first kappa shape index (κ1) is 18.0. The van der Waals surface area contributed by atoms with Gasteiger partial charge < -0.3 is 15.5 Å². The number of carboxylic acid groups (broad SMARTS) is 1. The van der Waals surface area contributed by atoms with Gasteiger partial charge in [0.2, 0.25) is 0 Å². The molecule has 0 atom stereocenters. The Labute approximate surface area is 158 Å². The second-order valence-corrected chi connectivity index (χ2v) is 6.91. The number of aryl methyl sites for hydroxylation is 1. The molecule has 26 heavy (non-hydrogen) atoms. The zero-order chi connectivity index (χ0) is 18.8. The highest BCUT2D eigenvalue weighted by atomic mass is 35.5. The lowest BCUT2D eigenvalue weighted by Gasteiger charge is -2.08. The van der Waals surface area contributed by atoms with Crippen molar-refractivity contribution in [3.63, 3.8) is 0 Å². The summed E-state index contributed by atoms with van der Waals surface area (Å²) in [4.78, 5) is 24.2. The van der Waals surface area contributed by atoms with Crippen molar-refractivity contribution < 1.29 is 19.8 Å². The maximum Gasteiger partial charge on any atom is 0.339 e. The van der Waals surface area contributed by atoms with Crippen LogP contribution in [0.25, 0.3) is 11.1 Å². The summed E-state index contributed by atoms with van der Waals surface area (Å²) < 4.78 is 0.